The first-order chi connectivity index (χ1) is 11.1. The van der Waals surface area contributed by atoms with E-state index in [2.05, 4.69) is 10.5 Å². The fourth-order valence-corrected chi connectivity index (χ4v) is 2.24. The van der Waals surface area contributed by atoms with Crippen molar-refractivity contribution in [3.63, 3.8) is 0 Å². The highest BCUT2D eigenvalue weighted by Gasteiger charge is 2.05. The standard InChI is InChI=1S/C18H19ClN2O2/c1-13-10-16(19)8-9-17(13)23-12-18(22)21-20-11-14(2)15-6-4-3-5-7-15/h3-11,14H,12H2,1-2H3,(H,21,22). The Morgan fingerprint density at radius 2 is 2.04 bits per heavy atom. The summed E-state index contributed by atoms with van der Waals surface area (Å²) in [6.07, 6.45) is 1.70. The highest BCUT2D eigenvalue weighted by atomic mass is 35.5. The van der Waals surface area contributed by atoms with Crippen LogP contribution in [0.1, 0.15) is 24.0 Å². The molecule has 5 heteroatoms. The average molecular weight is 331 g/mol. The van der Waals surface area contributed by atoms with Crippen LogP contribution in [0.15, 0.2) is 53.6 Å². The van der Waals surface area contributed by atoms with E-state index in [0.717, 1.165) is 11.1 Å². The van der Waals surface area contributed by atoms with Crippen LogP contribution in [0.25, 0.3) is 0 Å². The van der Waals surface area contributed by atoms with Crippen LogP contribution >= 0.6 is 11.6 Å². The summed E-state index contributed by atoms with van der Waals surface area (Å²) < 4.78 is 5.45. The number of hydrogen-bond acceptors (Lipinski definition) is 3. The molecule has 0 saturated carbocycles. The number of carbonyl (C=O) groups excluding carboxylic acids is 1. The van der Waals surface area contributed by atoms with Crippen LogP contribution in [0, 0.1) is 6.92 Å². The summed E-state index contributed by atoms with van der Waals surface area (Å²) in [7, 11) is 0. The maximum absolute atomic E-state index is 11.7. The number of aryl methyl sites for hydroxylation is 1. The predicted molar refractivity (Wildman–Crippen MR) is 93.2 cm³/mol. The second-order valence-corrected chi connectivity index (χ2v) is 5.65. The average Bonchev–Trinajstić information content (AvgIpc) is 2.54. The zero-order chi connectivity index (χ0) is 16.7. The molecule has 0 saturated heterocycles. The van der Waals surface area contributed by atoms with Crippen LogP contribution in [0.5, 0.6) is 5.75 Å². The summed E-state index contributed by atoms with van der Waals surface area (Å²) >= 11 is 5.87. The monoisotopic (exact) mass is 330 g/mol. The summed E-state index contributed by atoms with van der Waals surface area (Å²) in [6.45, 7) is 3.79. The maximum atomic E-state index is 11.7. The van der Waals surface area contributed by atoms with Gasteiger partial charge in [-0.15, -0.1) is 0 Å². The lowest BCUT2D eigenvalue weighted by atomic mass is 10.0. The van der Waals surface area contributed by atoms with E-state index in [0.29, 0.717) is 10.8 Å². The highest BCUT2D eigenvalue weighted by Crippen LogP contribution is 2.21. The Morgan fingerprint density at radius 1 is 1.30 bits per heavy atom. The van der Waals surface area contributed by atoms with Crippen LogP contribution in [0.2, 0.25) is 5.02 Å². The SMILES string of the molecule is Cc1cc(Cl)ccc1OCC(=O)NN=CC(C)c1ccccc1. The summed E-state index contributed by atoms with van der Waals surface area (Å²) in [5, 5.41) is 4.61. The van der Waals surface area contributed by atoms with Gasteiger partial charge in [0.05, 0.1) is 0 Å². The first kappa shape index (κ1) is 17.0. The lowest BCUT2D eigenvalue weighted by molar-refractivity contribution is -0.123. The van der Waals surface area contributed by atoms with E-state index in [1.807, 2.05) is 44.2 Å². The van der Waals surface area contributed by atoms with Crippen LogP contribution in [-0.2, 0) is 4.79 Å². The number of carbonyl (C=O) groups is 1. The number of benzene rings is 2. The van der Waals surface area contributed by atoms with Gasteiger partial charge in [-0.05, 0) is 36.2 Å². The molecule has 0 heterocycles. The van der Waals surface area contributed by atoms with Gasteiger partial charge in [0.15, 0.2) is 6.61 Å². The number of amides is 1. The highest BCUT2D eigenvalue weighted by molar-refractivity contribution is 6.30. The summed E-state index contributed by atoms with van der Waals surface area (Å²) in [4.78, 5) is 11.7. The molecule has 0 aromatic heterocycles. The van der Waals surface area contributed by atoms with Crippen molar-refractivity contribution < 1.29 is 9.53 Å². The van der Waals surface area contributed by atoms with Gasteiger partial charge < -0.3 is 4.74 Å². The zero-order valence-corrected chi connectivity index (χ0v) is 13.9. The molecule has 0 spiro atoms. The molecule has 0 fully saturated rings. The van der Waals surface area contributed by atoms with E-state index in [-0.39, 0.29) is 18.4 Å². The molecular formula is C18H19ClN2O2. The Hall–Kier alpha value is -2.33. The number of hydrazone groups is 1. The number of ether oxygens (including phenoxy) is 1. The second-order valence-electron chi connectivity index (χ2n) is 5.21. The van der Waals surface area contributed by atoms with Gasteiger partial charge >= 0.3 is 0 Å². The largest absolute Gasteiger partial charge is 0.483 e. The quantitative estimate of drug-likeness (QED) is 0.644. The third-order valence-electron chi connectivity index (χ3n) is 3.31. The number of halogens is 1. The Morgan fingerprint density at radius 3 is 2.74 bits per heavy atom. The van der Waals surface area contributed by atoms with Crippen molar-refractivity contribution in [2.45, 2.75) is 19.8 Å². The van der Waals surface area contributed by atoms with Gasteiger partial charge in [-0.3, -0.25) is 4.79 Å². The molecular weight excluding hydrogens is 312 g/mol. The molecule has 0 radical (unpaired) electrons. The zero-order valence-electron chi connectivity index (χ0n) is 13.1. The molecule has 2 rings (SSSR count). The first-order valence-corrected chi connectivity index (χ1v) is 7.70. The Balaban J connectivity index is 1.80. The van der Waals surface area contributed by atoms with E-state index >= 15 is 0 Å². The van der Waals surface area contributed by atoms with Crippen molar-refractivity contribution in [2.75, 3.05) is 6.61 Å². The van der Waals surface area contributed by atoms with Crippen molar-refractivity contribution >= 4 is 23.7 Å². The van der Waals surface area contributed by atoms with Gasteiger partial charge in [-0.25, -0.2) is 5.43 Å². The van der Waals surface area contributed by atoms with Crippen molar-refractivity contribution in [2.24, 2.45) is 5.10 Å². The molecule has 2 aromatic carbocycles. The summed E-state index contributed by atoms with van der Waals surface area (Å²) in [5.41, 5.74) is 4.48. The third-order valence-corrected chi connectivity index (χ3v) is 3.54. The molecule has 1 amide bonds. The second kappa shape index (κ2) is 8.34. The molecule has 23 heavy (non-hydrogen) atoms. The third kappa shape index (κ3) is 5.42. The van der Waals surface area contributed by atoms with E-state index in [1.54, 1.807) is 24.4 Å². The summed E-state index contributed by atoms with van der Waals surface area (Å²) in [5.74, 6) is 0.443. The van der Waals surface area contributed by atoms with Gasteiger partial charge in [-0.2, -0.15) is 5.10 Å². The van der Waals surface area contributed by atoms with Gasteiger partial charge in [0.2, 0.25) is 0 Å². The molecule has 1 unspecified atom stereocenters. The number of hydrogen-bond donors (Lipinski definition) is 1. The Kier molecular flexibility index (Phi) is 6.18. The van der Waals surface area contributed by atoms with Gasteiger partial charge in [-0.1, -0.05) is 48.9 Å². The maximum Gasteiger partial charge on any atom is 0.277 e. The fourth-order valence-electron chi connectivity index (χ4n) is 2.01. The molecule has 0 bridgehead atoms. The molecule has 0 aliphatic rings. The van der Waals surface area contributed by atoms with Crippen LogP contribution in [0.4, 0.5) is 0 Å². The van der Waals surface area contributed by atoms with E-state index < -0.39 is 0 Å². The van der Waals surface area contributed by atoms with Crippen LogP contribution < -0.4 is 10.2 Å². The van der Waals surface area contributed by atoms with Gasteiger partial charge in [0, 0.05) is 17.2 Å². The summed E-state index contributed by atoms with van der Waals surface area (Å²) in [6, 6.07) is 15.2. The molecule has 0 aliphatic heterocycles. The van der Waals surface area contributed by atoms with E-state index in [1.165, 1.54) is 0 Å². The van der Waals surface area contributed by atoms with Crippen LogP contribution in [0.3, 0.4) is 0 Å². The minimum atomic E-state index is -0.309. The van der Waals surface area contributed by atoms with Crippen molar-refractivity contribution in [1.82, 2.24) is 5.43 Å². The van der Waals surface area contributed by atoms with E-state index in [4.69, 9.17) is 16.3 Å². The van der Waals surface area contributed by atoms with E-state index in [9.17, 15) is 4.79 Å². The Bertz CT molecular complexity index is 687. The topological polar surface area (TPSA) is 50.7 Å². The molecule has 0 aliphatic carbocycles. The first-order valence-electron chi connectivity index (χ1n) is 7.32. The minimum Gasteiger partial charge on any atom is -0.483 e. The lowest BCUT2D eigenvalue weighted by Gasteiger charge is -2.08. The molecule has 2 aromatic rings. The number of rotatable bonds is 6. The number of nitrogens with zero attached hydrogens (tertiary/aromatic N) is 1. The minimum absolute atomic E-state index is 0.0977. The van der Waals surface area contributed by atoms with Crippen LogP contribution in [-0.4, -0.2) is 18.7 Å². The molecule has 120 valence electrons. The Labute approximate surface area is 141 Å². The lowest BCUT2D eigenvalue weighted by Crippen LogP contribution is -2.25. The molecule has 1 atom stereocenters. The van der Waals surface area contributed by atoms with Crippen molar-refractivity contribution in [3.05, 3.63) is 64.7 Å². The molecule has 1 N–H and O–H groups in total. The smallest absolute Gasteiger partial charge is 0.277 e. The fraction of sp³-hybridized carbons (Fsp3) is 0.222. The number of nitrogens with one attached hydrogen (secondary N) is 1. The molecule has 4 nitrogen and oxygen atoms in total. The van der Waals surface area contributed by atoms with Crippen molar-refractivity contribution in [1.29, 1.82) is 0 Å². The predicted octanol–water partition coefficient (Wildman–Crippen LogP) is 3.93. The van der Waals surface area contributed by atoms with Gasteiger partial charge in [0.25, 0.3) is 5.91 Å². The van der Waals surface area contributed by atoms with Crippen molar-refractivity contribution in [3.8, 4) is 5.75 Å². The van der Waals surface area contributed by atoms with Gasteiger partial charge in [0.1, 0.15) is 5.75 Å². The normalized spacial score (nSPS) is 12.1.